The van der Waals surface area contributed by atoms with E-state index in [2.05, 4.69) is 24.4 Å². The molecule has 0 amide bonds. The van der Waals surface area contributed by atoms with Crippen molar-refractivity contribution in [3.8, 4) is 0 Å². The highest BCUT2D eigenvalue weighted by Gasteiger charge is 2.55. The molecule has 3 aliphatic carbocycles. The van der Waals surface area contributed by atoms with Gasteiger partial charge >= 0.3 is 0 Å². The molecule has 0 saturated heterocycles. The summed E-state index contributed by atoms with van der Waals surface area (Å²) in [6, 6.07) is 1.43. The van der Waals surface area contributed by atoms with E-state index in [9.17, 15) is 0 Å². The third-order valence-electron chi connectivity index (χ3n) is 5.38. The second-order valence-corrected chi connectivity index (χ2v) is 6.33. The van der Waals surface area contributed by atoms with E-state index in [1.807, 2.05) is 0 Å². The van der Waals surface area contributed by atoms with Gasteiger partial charge in [-0.15, -0.1) is 0 Å². The van der Waals surface area contributed by atoms with Crippen LogP contribution in [0.5, 0.6) is 0 Å². The smallest absolute Gasteiger partial charge is 0.0661 e. The zero-order chi connectivity index (χ0) is 12.4. The Morgan fingerprint density at radius 1 is 1.17 bits per heavy atom. The van der Waals surface area contributed by atoms with Gasteiger partial charge in [-0.05, 0) is 39.0 Å². The molecule has 0 aliphatic heterocycles. The first-order valence-electron chi connectivity index (χ1n) is 7.88. The Labute approximate surface area is 111 Å². The molecule has 1 spiro atoms. The molecule has 3 aliphatic rings. The predicted octanol–water partition coefficient (Wildman–Crippen LogP) is 3.42. The summed E-state index contributed by atoms with van der Waals surface area (Å²) < 4.78 is 6.01. The molecule has 1 N–H and O–H groups in total. The summed E-state index contributed by atoms with van der Waals surface area (Å²) in [5.74, 6) is 0. The van der Waals surface area contributed by atoms with E-state index >= 15 is 0 Å². The summed E-state index contributed by atoms with van der Waals surface area (Å²) in [4.78, 5) is 0. The Morgan fingerprint density at radius 2 is 1.89 bits per heavy atom. The molecule has 0 bridgehead atoms. The third-order valence-corrected chi connectivity index (χ3v) is 5.38. The molecule has 2 unspecified atom stereocenters. The van der Waals surface area contributed by atoms with Crippen molar-refractivity contribution in [1.29, 1.82) is 0 Å². The molecule has 0 heterocycles. The van der Waals surface area contributed by atoms with Crippen molar-refractivity contribution in [2.45, 2.75) is 76.5 Å². The summed E-state index contributed by atoms with van der Waals surface area (Å²) in [5.41, 5.74) is 0.483. The van der Waals surface area contributed by atoms with E-state index in [0.29, 0.717) is 17.6 Å². The van der Waals surface area contributed by atoms with Gasteiger partial charge in [0.05, 0.1) is 6.10 Å². The lowest BCUT2D eigenvalue weighted by atomic mass is 9.55. The minimum absolute atomic E-state index is 0.483. The molecular formula is C16H27NO. The van der Waals surface area contributed by atoms with Crippen molar-refractivity contribution in [1.82, 2.24) is 5.32 Å². The van der Waals surface area contributed by atoms with Gasteiger partial charge in [0, 0.05) is 24.1 Å². The minimum Gasteiger partial charge on any atom is -0.378 e. The van der Waals surface area contributed by atoms with Gasteiger partial charge in [0.1, 0.15) is 0 Å². The number of hydrogen-bond donors (Lipinski definition) is 1. The van der Waals surface area contributed by atoms with Crippen LogP contribution in [-0.2, 0) is 4.74 Å². The van der Waals surface area contributed by atoms with Crippen LogP contribution in [0.1, 0.15) is 58.3 Å². The summed E-state index contributed by atoms with van der Waals surface area (Å²) in [7, 11) is 0. The van der Waals surface area contributed by atoms with Gasteiger partial charge in [0.25, 0.3) is 0 Å². The quantitative estimate of drug-likeness (QED) is 0.771. The van der Waals surface area contributed by atoms with Crippen molar-refractivity contribution in [3.05, 3.63) is 12.2 Å². The fourth-order valence-corrected chi connectivity index (χ4v) is 4.33. The van der Waals surface area contributed by atoms with Gasteiger partial charge in [0.15, 0.2) is 0 Å². The molecule has 0 radical (unpaired) electrons. The van der Waals surface area contributed by atoms with Crippen LogP contribution in [0.15, 0.2) is 12.2 Å². The van der Waals surface area contributed by atoms with Gasteiger partial charge in [-0.2, -0.15) is 0 Å². The first-order chi connectivity index (χ1) is 8.85. The summed E-state index contributed by atoms with van der Waals surface area (Å²) in [5, 5.41) is 3.92. The molecule has 18 heavy (non-hydrogen) atoms. The average molecular weight is 249 g/mol. The van der Waals surface area contributed by atoms with Crippen LogP contribution in [0.4, 0.5) is 0 Å². The van der Waals surface area contributed by atoms with Crippen molar-refractivity contribution in [2.75, 3.05) is 6.61 Å². The monoisotopic (exact) mass is 249 g/mol. The molecule has 0 aromatic rings. The van der Waals surface area contributed by atoms with Crippen molar-refractivity contribution < 1.29 is 4.74 Å². The van der Waals surface area contributed by atoms with Gasteiger partial charge in [-0.25, -0.2) is 0 Å². The van der Waals surface area contributed by atoms with Crippen LogP contribution in [-0.4, -0.2) is 24.8 Å². The number of hydrogen-bond acceptors (Lipinski definition) is 2. The molecule has 0 aromatic carbocycles. The summed E-state index contributed by atoms with van der Waals surface area (Å²) >= 11 is 0. The molecule has 2 atom stereocenters. The van der Waals surface area contributed by atoms with Gasteiger partial charge in [0.2, 0.25) is 0 Å². The lowest BCUT2D eigenvalue weighted by Crippen LogP contribution is -2.65. The molecule has 0 aromatic heterocycles. The van der Waals surface area contributed by atoms with Gasteiger partial charge in [-0.1, -0.05) is 31.4 Å². The van der Waals surface area contributed by atoms with E-state index in [4.69, 9.17) is 4.74 Å². The largest absolute Gasteiger partial charge is 0.378 e. The van der Waals surface area contributed by atoms with E-state index in [-0.39, 0.29) is 0 Å². The molecule has 2 saturated carbocycles. The molecule has 3 rings (SSSR count). The number of ether oxygens (including phenoxy) is 1. The van der Waals surface area contributed by atoms with Crippen LogP contribution >= 0.6 is 0 Å². The van der Waals surface area contributed by atoms with E-state index in [1.54, 1.807) is 0 Å². The lowest BCUT2D eigenvalue weighted by molar-refractivity contribution is -0.151. The maximum absolute atomic E-state index is 6.01. The zero-order valence-corrected chi connectivity index (χ0v) is 11.7. The zero-order valence-electron chi connectivity index (χ0n) is 11.7. The molecule has 2 fully saturated rings. The van der Waals surface area contributed by atoms with Crippen LogP contribution in [0.2, 0.25) is 0 Å². The standard InChI is InChI=1S/C16H27NO/c1-2-18-15-12-14(17-13-8-4-5-9-13)16(15)10-6-3-7-11-16/h4-5,13-15,17H,2-3,6-12H2,1H3. The Bertz CT molecular complexity index is 298. The van der Waals surface area contributed by atoms with Crippen LogP contribution in [0.25, 0.3) is 0 Å². The van der Waals surface area contributed by atoms with Crippen molar-refractivity contribution >= 4 is 0 Å². The van der Waals surface area contributed by atoms with Crippen LogP contribution in [0, 0.1) is 5.41 Å². The first-order valence-corrected chi connectivity index (χ1v) is 7.88. The van der Waals surface area contributed by atoms with Crippen molar-refractivity contribution in [2.24, 2.45) is 5.41 Å². The highest BCUT2D eigenvalue weighted by molar-refractivity contribution is 5.11. The molecular weight excluding hydrogens is 222 g/mol. The molecule has 2 heteroatoms. The minimum atomic E-state index is 0.483. The highest BCUT2D eigenvalue weighted by Crippen LogP contribution is 2.53. The number of rotatable bonds is 4. The highest BCUT2D eigenvalue weighted by atomic mass is 16.5. The fourth-order valence-electron chi connectivity index (χ4n) is 4.33. The normalized spacial score (nSPS) is 34.9. The topological polar surface area (TPSA) is 21.3 Å². The third kappa shape index (κ3) is 2.14. The van der Waals surface area contributed by atoms with Crippen molar-refractivity contribution in [3.63, 3.8) is 0 Å². The van der Waals surface area contributed by atoms with Crippen LogP contribution in [0.3, 0.4) is 0 Å². The Hall–Kier alpha value is -0.340. The second-order valence-electron chi connectivity index (χ2n) is 6.33. The Balaban J connectivity index is 1.63. The van der Waals surface area contributed by atoms with Crippen LogP contribution < -0.4 is 5.32 Å². The SMILES string of the molecule is CCOC1CC(NC2CC=CC2)C12CCCCC2. The fraction of sp³-hybridized carbons (Fsp3) is 0.875. The van der Waals surface area contributed by atoms with Gasteiger partial charge < -0.3 is 10.1 Å². The lowest BCUT2D eigenvalue weighted by Gasteiger charge is -2.58. The average Bonchev–Trinajstić information content (AvgIpc) is 2.92. The number of nitrogens with one attached hydrogen (secondary N) is 1. The second kappa shape index (κ2) is 5.34. The first kappa shape index (κ1) is 12.7. The van der Waals surface area contributed by atoms with E-state index in [1.165, 1.54) is 51.4 Å². The predicted molar refractivity (Wildman–Crippen MR) is 74.6 cm³/mol. The summed E-state index contributed by atoms with van der Waals surface area (Å²) in [6.07, 6.45) is 15.9. The Morgan fingerprint density at radius 3 is 2.56 bits per heavy atom. The molecule has 2 nitrogen and oxygen atoms in total. The van der Waals surface area contributed by atoms with Gasteiger partial charge in [-0.3, -0.25) is 0 Å². The maximum atomic E-state index is 6.01. The molecule has 102 valence electrons. The Kier molecular flexibility index (Phi) is 3.76. The maximum Gasteiger partial charge on any atom is 0.0661 e. The van der Waals surface area contributed by atoms with E-state index < -0.39 is 0 Å². The summed E-state index contributed by atoms with van der Waals surface area (Å²) in [6.45, 7) is 3.02. The van der Waals surface area contributed by atoms with E-state index in [0.717, 1.165) is 12.6 Å².